The van der Waals surface area contributed by atoms with Crippen LogP contribution in [0.15, 0.2) is 0 Å². The number of hydrogen-bond acceptors (Lipinski definition) is 4. The van der Waals surface area contributed by atoms with Gasteiger partial charge in [-0.15, -0.1) is 0 Å². The fraction of sp³-hybridized carbons (Fsp3) is 0.833. The third-order valence-corrected chi connectivity index (χ3v) is 3.67. The molecular weight excluding hydrogens is 234 g/mol. The monoisotopic (exact) mass is 255 g/mol. The van der Waals surface area contributed by atoms with Gasteiger partial charge in [0.05, 0.1) is 12.1 Å². The van der Waals surface area contributed by atoms with Gasteiger partial charge in [-0.3, -0.25) is 14.6 Å². The van der Waals surface area contributed by atoms with Gasteiger partial charge in [0.25, 0.3) is 0 Å². The van der Waals surface area contributed by atoms with E-state index in [0.717, 1.165) is 19.4 Å². The van der Waals surface area contributed by atoms with Gasteiger partial charge in [0.1, 0.15) is 0 Å². The molecule has 0 radical (unpaired) electrons. The molecule has 0 aliphatic carbocycles. The number of likely N-dealkylation sites (tertiary alicyclic amines) is 1. The lowest BCUT2D eigenvalue weighted by Crippen LogP contribution is -2.42. The molecule has 1 atom stereocenters. The quantitative estimate of drug-likeness (QED) is 0.715. The van der Waals surface area contributed by atoms with Gasteiger partial charge in [0.2, 0.25) is 5.91 Å². The van der Waals surface area contributed by atoms with Crippen LogP contribution in [-0.4, -0.2) is 65.2 Å². The number of nitrogens with one attached hydrogen (secondary N) is 1. The molecule has 102 valence electrons. The fourth-order valence-electron chi connectivity index (χ4n) is 2.46. The summed E-state index contributed by atoms with van der Waals surface area (Å²) in [4.78, 5) is 26.6. The Balaban J connectivity index is 1.85. The number of carbonyl (C=O) groups is 2. The zero-order chi connectivity index (χ0) is 13.2. The van der Waals surface area contributed by atoms with E-state index in [1.807, 2.05) is 11.8 Å². The van der Waals surface area contributed by atoms with E-state index in [0.29, 0.717) is 26.1 Å². The van der Waals surface area contributed by atoms with Crippen molar-refractivity contribution >= 4 is 11.9 Å². The van der Waals surface area contributed by atoms with Crippen LogP contribution in [0.3, 0.4) is 0 Å². The van der Waals surface area contributed by atoms with Crippen LogP contribution >= 0.6 is 0 Å². The first-order chi connectivity index (χ1) is 8.48. The Hall–Kier alpha value is -1.14. The first-order valence-corrected chi connectivity index (χ1v) is 6.51. The van der Waals surface area contributed by atoms with Gasteiger partial charge in [-0.25, -0.2) is 4.79 Å². The Bertz CT molecular complexity index is 343. The van der Waals surface area contributed by atoms with Crippen molar-refractivity contribution in [2.75, 3.05) is 32.7 Å². The molecule has 0 spiro atoms. The summed E-state index contributed by atoms with van der Waals surface area (Å²) in [5.74, 6) is -0.147. The molecule has 6 nitrogen and oxygen atoms in total. The molecule has 1 unspecified atom stereocenters. The summed E-state index contributed by atoms with van der Waals surface area (Å²) in [6.07, 6.45) is 2.32. The Morgan fingerprint density at radius 2 is 2.17 bits per heavy atom. The summed E-state index contributed by atoms with van der Waals surface area (Å²) < 4.78 is 0. The molecule has 0 aromatic rings. The summed E-state index contributed by atoms with van der Waals surface area (Å²) in [6.45, 7) is 4.61. The average Bonchev–Trinajstić information content (AvgIpc) is 2.64. The van der Waals surface area contributed by atoms with Gasteiger partial charge in [-0.1, -0.05) is 0 Å². The van der Waals surface area contributed by atoms with Crippen molar-refractivity contribution in [2.45, 2.75) is 31.8 Å². The number of aliphatic hydroxyl groups is 1. The van der Waals surface area contributed by atoms with Crippen molar-refractivity contribution in [1.29, 1.82) is 0 Å². The zero-order valence-electron chi connectivity index (χ0n) is 10.8. The molecular formula is C12H21N3O3. The van der Waals surface area contributed by atoms with Gasteiger partial charge in [-0.2, -0.15) is 0 Å². The molecule has 0 bridgehead atoms. The van der Waals surface area contributed by atoms with Gasteiger partial charge in [0.15, 0.2) is 0 Å². The minimum absolute atomic E-state index is 0.147. The minimum atomic E-state index is -0.622. The number of amides is 3. The molecule has 2 rings (SSSR count). The summed E-state index contributed by atoms with van der Waals surface area (Å²) in [7, 11) is 0. The topological polar surface area (TPSA) is 72.9 Å². The number of rotatable bonds is 2. The highest BCUT2D eigenvalue weighted by atomic mass is 16.3. The molecule has 0 aromatic carbocycles. The highest BCUT2D eigenvalue weighted by molar-refractivity contribution is 5.96. The maximum Gasteiger partial charge on any atom is 0.324 e. The van der Waals surface area contributed by atoms with Crippen molar-refractivity contribution in [3.63, 3.8) is 0 Å². The molecule has 6 heteroatoms. The molecule has 2 aliphatic rings. The second kappa shape index (κ2) is 5.24. The Labute approximate surface area is 107 Å². The number of urea groups is 1. The number of hydrogen-bond donors (Lipinski definition) is 2. The SMILES string of the molecule is CC1(O)CCCN(CC(=O)N2CCNC2=O)CC1. The van der Waals surface area contributed by atoms with Crippen molar-refractivity contribution in [1.82, 2.24) is 15.1 Å². The summed E-state index contributed by atoms with van der Waals surface area (Å²) in [5, 5.41) is 12.6. The molecule has 2 heterocycles. The normalized spacial score (nSPS) is 30.1. The smallest absolute Gasteiger partial charge is 0.324 e. The van der Waals surface area contributed by atoms with Gasteiger partial charge < -0.3 is 10.4 Å². The highest BCUT2D eigenvalue weighted by Gasteiger charge is 2.29. The van der Waals surface area contributed by atoms with E-state index in [2.05, 4.69) is 5.32 Å². The van der Waals surface area contributed by atoms with Crippen LogP contribution in [0, 0.1) is 0 Å². The molecule has 2 aliphatic heterocycles. The fourth-order valence-corrected chi connectivity index (χ4v) is 2.46. The summed E-state index contributed by atoms with van der Waals surface area (Å²) >= 11 is 0. The van der Waals surface area contributed by atoms with Crippen LogP contribution in [0.25, 0.3) is 0 Å². The third kappa shape index (κ3) is 3.20. The van der Waals surface area contributed by atoms with Crippen LogP contribution in [0.2, 0.25) is 0 Å². The largest absolute Gasteiger partial charge is 0.390 e. The van der Waals surface area contributed by atoms with Gasteiger partial charge >= 0.3 is 6.03 Å². The van der Waals surface area contributed by atoms with E-state index < -0.39 is 5.60 Å². The number of nitrogens with zero attached hydrogens (tertiary/aromatic N) is 2. The molecule has 2 N–H and O–H groups in total. The second-order valence-corrected chi connectivity index (χ2v) is 5.40. The van der Waals surface area contributed by atoms with E-state index in [1.165, 1.54) is 4.90 Å². The zero-order valence-corrected chi connectivity index (χ0v) is 10.8. The highest BCUT2D eigenvalue weighted by Crippen LogP contribution is 2.21. The van der Waals surface area contributed by atoms with Gasteiger partial charge in [0, 0.05) is 19.6 Å². The van der Waals surface area contributed by atoms with Crippen molar-refractivity contribution < 1.29 is 14.7 Å². The molecule has 2 fully saturated rings. The molecule has 18 heavy (non-hydrogen) atoms. The van der Waals surface area contributed by atoms with Crippen molar-refractivity contribution in [3.05, 3.63) is 0 Å². The van der Waals surface area contributed by atoms with Crippen molar-refractivity contribution in [3.8, 4) is 0 Å². The predicted molar refractivity (Wildman–Crippen MR) is 66.0 cm³/mol. The van der Waals surface area contributed by atoms with E-state index in [-0.39, 0.29) is 18.5 Å². The van der Waals surface area contributed by atoms with Gasteiger partial charge in [-0.05, 0) is 32.7 Å². The van der Waals surface area contributed by atoms with E-state index >= 15 is 0 Å². The summed E-state index contributed by atoms with van der Waals surface area (Å²) in [5.41, 5.74) is -0.622. The van der Waals surface area contributed by atoms with Crippen LogP contribution in [0.1, 0.15) is 26.2 Å². The number of imide groups is 1. The van der Waals surface area contributed by atoms with E-state index in [4.69, 9.17) is 0 Å². The first kappa shape index (κ1) is 13.3. The summed E-state index contributed by atoms with van der Waals surface area (Å²) in [6, 6.07) is -0.290. The van der Waals surface area contributed by atoms with Crippen LogP contribution in [0.5, 0.6) is 0 Å². The Morgan fingerprint density at radius 1 is 1.39 bits per heavy atom. The maximum atomic E-state index is 12.0. The lowest BCUT2D eigenvalue weighted by Gasteiger charge is -2.23. The average molecular weight is 255 g/mol. The van der Waals surface area contributed by atoms with Crippen LogP contribution in [0.4, 0.5) is 4.79 Å². The lowest BCUT2D eigenvalue weighted by molar-refractivity contribution is -0.128. The van der Waals surface area contributed by atoms with Crippen molar-refractivity contribution in [2.24, 2.45) is 0 Å². The van der Waals surface area contributed by atoms with E-state index in [1.54, 1.807) is 0 Å². The minimum Gasteiger partial charge on any atom is -0.390 e. The number of carbonyl (C=O) groups excluding carboxylic acids is 2. The Morgan fingerprint density at radius 3 is 2.83 bits per heavy atom. The van der Waals surface area contributed by atoms with Crippen LogP contribution < -0.4 is 5.32 Å². The second-order valence-electron chi connectivity index (χ2n) is 5.40. The molecule has 0 saturated carbocycles. The predicted octanol–water partition coefficient (Wildman–Crippen LogP) is -0.225. The molecule has 3 amide bonds. The van der Waals surface area contributed by atoms with Crippen LogP contribution in [-0.2, 0) is 4.79 Å². The molecule has 2 saturated heterocycles. The Kier molecular flexibility index (Phi) is 3.87. The lowest BCUT2D eigenvalue weighted by atomic mass is 9.98. The first-order valence-electron chi connectivity index (χ1n) is 6.51. The molecule has 0 aromatic heterocycles. The third-order valence-electron chi connectivity index (χ3n) is 3.67. The standard InChI is InChI=1S/C12H21N3O3/c1-12(18)3-2-6-14(7-4-12)9-10(16)15-8-5-13-11(15)17/h18H,2-9H2,1H3,(H,13,17). The maximum absolute atomic E-state index is 12.0. The van der Waals surface area contributed by atoms with E-state index in [9.17, 15) is 14.7 Å².